The first-order chi connectivity index (χ1) is 18.2. The van der Waals surface area contributed by atoms with Crippen molar-refractivity contribution in [3.8, 4) is 11.3 Å². The molecule has 186 valence electrons. The molecule has 0 spiro atoms. The number of fused-ring (bicyclic) bond motifs is 5. The number of rotatable bonds is 4. The molecule has 0 amide bonds. The van der Waals surface area contributed by atoms with Crippen LogP contribution in [0.2, 0.25) is 0 Å². The van der Waals surface area contributed by atoms with Gasteiger partial charge in [-0.2, -0.15) is 0 Å². The largest absolute Gasteiger partial charge is 0.361 e. The lowest BCUT2D eigenvalue weighted by Gasteiger charge is -2.32. The minimum Gasteiger partial charge on any atom is -0.361 e. The van der Waals surface area contributed by atoms with Gasteiger partial charge in [0.15, 0.2) is 0 Å². The number of piperazine rings is 1. The van der Waals surface area contributed by atoms with Crippen molar-refractivity contribution in [3.05, 3.63) is 72.2 Å². The lowest BCUT2D eigenvalue weighted by atomic mass is 9.85. The molecular formula is C30H31N7. The molecule has 1 aliphatic carbocycles. The molecule has 0 unspecified atom stereocenters. The number of nitrogens with one attached hydrogen (secondary N) is 2. The molecule has 3 aromatic heterocycles. The van der Waals surface area contributed by atoms with E-state index < -0.39 is 0 Å². The predicted molar refractivity (Wildman–Crippen MR) is 151 cm³/mol. The summed E-state index contributed by atoms with van der Waals surface area (Å²) in [5, 5.41) is 6.07. The van der Waals surface area contributed by atoms with Crippen LogP contribution in [0, 0.1) is 0 Å². The van der Waals surface area contributed by atoms with Crippen molar-refractivity contribution in [2.24, 2.45) is 0 Å². The molecule has 0 atom stereocenters. The summed E-state index contributed by atoms with van der Waals surface area (Å²) in [5.41, 5.74) is 9.38. The van der Waals surface area contributed by atoms with Gasteiger partial charge in [0.1, 0.15) is 0 Å². The lowest BCUT2D eigenvalue weighted by molar-refractivity contribution is 0.311. The second-order valence-electron chi connectivity index (χ2n) is 10.3. The molecule has 5 aromatic rings. The van der Waals surface area contributed by atoms with Gasteiger partial charge in [0, 0.05) is 59.9 Å². The summed E-state index contributed by atoms with van der Waals surface area (Å²) >= 11 is 0. The number of hydrogen-bond donors (Lipinski definition) is 2. The van der Waals surface area contributed by atoms with Crippen LogP contribution in [0.5, 0.6) is 0 Å². The first-order valence-corrected chi connectivity index (χ1v) is 13.3. The van der Waals surface area contributed by atoms with Crippen molar-refractivity contribution in [1.82, 2.24) is 24.8 Å². The van der Waals surface area contributed by atoms with Crippen LogP contribution in [0.4, 0.5) is 17.3 Å². The minimum absolute atomic E-state index is 0.804. The van der Waals surface area contributed by atoms with Gasteiger partial charge in [0.25, 0.3) is 0 Å². The van der Waals surface area contributed by atoms with Crippen molar-refractivity contribution in [3.63, 3.8) is 0 Å². The van der Waals surface area contributed by atoms with Gasteiger partial charge in [-0.15, -0.1) is 0 Å². The van der Waals surface area contributed by atoms with Crippen LogP contribution in [-0.4, -0.2) is 58.1 Å². The van der Waals surface area contributed by atoms with Gasteiger partial charge >= 0.3 is 0 Å². The summed E-state index contributed by atoms with van der Waals surface area (Å²) in [5.74, 6) is 0.804. The molecule has 7 nitrogen and oxygen atoms in total. The number of hydrogen-bond acceptors (Lipinski definition) is 6. The summed E-state index contributed by atoms with van der Waals surface area (Å²) in [6.07, 6.45) is 10.4. The van der Waals surface area contributed by atoms with Gasteiger partial charge in [-0.05, 0) is 74.2 Å². The second-order valence-corrected chi connectivity index (χ2v) is 10.3. The first-order valence-electron chi connectivity index (χ1n) is 13.3. The Morgan fingerprint density at radius 3 is 2.35 bits per heavy atom. The number of anilines is 3. The van der Waals surface area contributed by atoms with Crippen LogP contribution >= 0.6 is 0 Å². The van der Waals surface area contributed by atoms with Crippen molar-refractivity contribution in [1.29, 1.82) is 0 Å². The molecule has 2 N–H and O–H groups in total. The van der Waals surface area contributed by atoms with Gasteiger partial charge in [-0.1, -0.05) is 12.1 Å². The van der Waals surface area contributed by atoms with E-state index in [0.717, 1.165) is 67.6 Å². The fourth-order valence-electron chi connectivity index (χ4n) is 5.83. The molecule has 0 bridgehead atoms. The zero-order valence-corrected chi connectivity index (χ0v) is 21.2. The molecule has 1 aliphatic heterocycles. The average Bonchev–Trinajstić information content (AvgIpc) is 3.43. The van der Waals surface area contributed by atoms with E-state index in [2.05, 4.69) is 79.6 Å². The molecule has 7 heteroatoms. The normalized spacial score (nSPS) is 16.3. The molecule has 7 rings (SSSR count). The number of aromatic amines is 1. The van der Waals surface area contributed by atoms with Gasteiger partial charge in [-0.25, -0.2) is 15.0 Å². The lowest BCUT2D eigenvalue weighted by Crippen LogP contribution is -2.45. The van der Waals surface area contributed by atoms with Crippen molar-refractivity contribution >= 4 is 39.1 Å². The van der Waals surface area contributed by atoms with Crippen LogP contribution in [0.25, 0.3) is 33.1 Å². The number of likely N-dealkylation sites (N-methyl/N-ethyl adjacent to an activating group) is 1. The Bertz CT molecular complexity index is 1560. The summed E-state index contributed by atoms with van der Waals surface area (Å²) in [6, 6.07) is 15.1. The van der Waals surface area contributed by atoms with Crippen molar-refractivity contribution in [2.75, 3.05) is 43.4 Å². The summed E-state index contributed by atoms with van der Waals surface area (Å²) < 4.78 is 0. The number of benzene rings is 2. The van der Waals surface area contributed by atoms with E-state index >= 15 is 0 Å². The zero-order valence-electron chi connectivity index (χ0n) is 21.2. The SMILES string of the molecule is CN1CCN(c2ncc(Nc3ccc(-c4nc5ccc6[nH]ccc6c5c5c4CCCC5)cc3)cn2)CC1. The topological polar surface area (TPSA) is 73.0 Å². The number of H-pyrrole nitrogens is 1. The highest BCUT2D eigenvalue weighted by molar-refractivity contribution is 6.08. The van der Waals surface area contributed by atoms with Crippen molar-refractivity contribution < 1.29 is 0 Å². The fourth-order valence-corrected chi connectivity index (χ4v) is 5.83. The average molecular weight is 490 g/mol. The molecule has 1 saturated heterocycles. The molecule has 2 aliphatic rings. The highest BCUT2D eigenvalue weighted by atomic mass is 15.3. The van der Waals surface area contributed by atoms with Gasteiger partial charge in [-0.3, -0.25) is 0 Å². The Kier molecular flexibility index (Phi) is 5.51. The summed E-state index contributed by atoms with van der Waals surface area (Å²) in [4.78, 5) is 22.4. The van der Waals surface area contributed by atoms with Gasteiger partial charge in [0.05, 0.1) is 29.3 Å². The summed E-state index contributed by atoms with van der Waals surface area (Å²) in [6.45, 7) is 4.02. The molecule has 1 fully saturated rings. The number of nitrogens with zero attached hydrogens (tertiary/aromatic N) is 5. The Hall–Kier alpha value is -3.97. The van der Waals surface area contributed by atoms with Gasteiger partial charge < -0.3 is 20.1 Å². The molecule has 37 heavy (non-hydrogen) atoms. The third-order valence-corrected chi connectivity index (χ3v) is 7.87. The Morgan fingerprint density at radius 2 is 1.57 bits per heavy atom. The van der Waals surface area contributed by atoms with E-state index in [9.17, 15) is 0 Å². The van der Waals surface area contributed by atoms with Crippen LogP contribution in [0.3, 0.4) is 0 Å². The quantitative estimate of drug-likeness (QED) is 0.345. The highest BCUT2D eigenvalue weighted by Crippen LogP contribution is 2.38. The van der Waals surface area contributed by atoms with Gasteiger partial charge in [0.2, 0.25) is 5.95 Å². The Morgan fingerprint density at radius 1 is 0.811 bits per heavy atom. The smallest absolute Gasteiger partial charge is 0.225 e. The standard InChI is InChI=1S/C30H31N7/c1-36-14-16-37(17-15-36)30-32-18-22(19-33-30)34-21-8-6-20(7-9-21)29-24-5-3-2-4-23(24)28-25-12-13-31-26(25)10-11-27(28)35-29/h6-13,18-19,31,34H,2-5,14-17H2,1H3. The molecule has 0 radical (unpaired) electrons. The van der Waals surface area contributed by atoms with E-state index in [4.69, 9.17) is 4.98 Å². The van der Waals surface area contributed by atoms with E-state index in [1.54, 1.807) is 0 Å². The molecule has 0 saturated carbocycles. The number of aryl methyl sites for hydroxylation is 1. The maximum absolute atomic E-state index is 5.20. The fraction of sp³-hybridized carbons (Fsp3) is 0.300. The second kappa shape index (κ2) is 9.16. The van der Waals surface area contributed by atoms with E-state index in [0.29, 0.717) is 0 Å². The van der Waals surface area contributed by atoms with E-state index in [1.807, 2.05) is 18.6 Å². The van der Waals surface area contributed by atoms with Crippen LogP contribution in [-0.2, 0) is 12.8 Å². The third kappa shape index (κ3) is 4.09. The number of pyridine rings is 1. The first kappa shape index (κ1) is 22.2. The Labute approximate surface area is 216 Å². The molecule has 2 aromatic carbocycles. The molecule has 4 heterocycles. The highest BCUT2D eigenvalue weighted by Gasteiger charge is 2.21. The van der Waals surface area contributed by atoms with Crippen LogP contribution < -0.4 is 10.2 Å². The number of aromatic nitrogens is 4. The minimum atomic E-state index is 0.804. The third-order valence-electron chi connectivity index (χ3n) is 7.87. The van der Waals surface area contributed by atoms with Crippen molar-refractivity contribution in [2.45, 2.75) is 25.7 Å². The maximum atomic E-state index is 5.20. The Balaban J connectivity index is 1.16. The van der Waals surface area contributed by atoms with Crippen LogP contribution in [0.1, 0.15) is 24.0 Å². The molecular weight excluding hydrogens is 458 g/mol. The maximum Gasteiger partial charge on any atom is 0.225 e. The zero-order chi connectivity index (χ0) is 24.8. The van der Waals surface area contributed by atoms with Crippen LogP contribution in [0.15, 0.2) is 61.1 Å². The van der Waals surface area contributed by atoms with E-state index in [-0.39, 0.29) is 0 Å². The monoisotopic (exact) mass is 489 g/mol. The predicted octanol–water partition coefficient (Wildman–Crippen LogP) is 5.55. The van der Waals surface area contributed by atoms with E-state index in [1.165, 1.54) is 45.8 Å². The summed E-state index contributed by atoms with van der Waals surface area (Å²) in [7, 11) is 2.15.